The predicted molar refractivity (Wildman–Crippen MR) is 153 cm³/mol. The monoisotopic (exact) mass is 692 g/mol. The molecule has 15 heteroatoms. The largest absolute Gasteiger partial charge is 0.545 e. The maximum absolute atomic E-state index is 12.8. The number of β-lactam (4-membered cyclic amide) rings is 1. The second-order valence-corrected chi connectivity index (χ2v) is 12.5. The van der Waals surface area contributed by atoms with E-state index in [1.165, 1.54) is 28.9 Å². The number of carbonyl (C=O) groups is 4. The smallest absolute Gasteiger partial charge is 0.260 e. The van der Waals surface area contributed by atoms with E-state index in [2.05, 4.69) is 10.6 Å². The highest BCUT2D eigenvalue weighted by atomic mass is 79.9. The van der Waals surface area contributed by atoms with Crippen LogP contribution in [-0.4, -0.2) is 61.4 Å². The number of amides is 3. The van der Waals surface area contributed by atoms with Gasteiger partial charge in [0, 0.05) is 29.2 Å². The lowest BCUT2D eigenvalue weighted by atomic mass is 10.0. The van der Waals surface area contributed by atoms with Gasteiger partial charge in [-0.15, -0.1) is 28.7 Å². The third-order valence-corrected chi connectivity index (χ3v) is 7.90. The molecule has 10 nitrogen and oxygen atoms in total. The first-order chi connectivity index (χ1) is 18.5. The minimum Gasteiger partial charge on any atom is -0.545 e. The number of nitrogens with zero attached hydrogens (tertiary/aromatic N) is 2. The number of hydrogen-bond acceptors (Lipinski definition) is 7. The van der Waals surface area contributed by atoms with Crippen LogP contribution in [0.2, 0.25) is 0 Å². The number of carboxylic acid groups (broad SMARTS) is 1. The Kier molecular flexibility index (Phi) is 10.9. The third kappa shape index (κ3) is 7.48. The van der Waals surface area contributed by atoms with Crippen LogP contribution in [0.4, 0.5) is 0 Å². The summed E-state index contributed by atoms with van der Waals surface area (Å²) in [5.74, 6) is -2.51. The summed E-state index contributed by atoms with van der Waals surface area (Å²) >= 11 is 19.5. The van der Waals surface area contributed by atoms with Crippen LogP contribution in [0, 0.1) is 0 Å². The number of rotatable bonds is 9. The molecule has 0 radical (unpaired) electrons. The molecule has 1 aromatic heterocycles. The van der Waals surface area contributed by atoms with Crippen molar-refractivity contribution < 1.29 is 34.0 Å². The zero-order valence-corrected chi connectivity index (χ0v) is 25.4. The lowest BCUT2D eigenvalue weighted by molar-refractivity contribution is -0.696. The van der Waals surface area contributed by atoms with Crippen molar-refractivity contribution >= 4 is 87.2 Å². The van der Waals surface area contributed by atoms with Crippen molar-refractivity contribution in [1.29, 1.82) is 0 Å². The molecule has 3 amide bonds. The number of alkyl halides is 3. The van der Waals surface area contributed by atoms with Crippen LogP contribution in [0.5, 0.6) is 0 Å². The number of thioether (sulfide) groups is 1. The van der Waals surface area contributed by atoms with Crippen LogP contribution < -0.4 is 20.3 Å². The first-order valence-electron chi connectivity index (χ1n) is 11.7. The van der Waals surface area contributed by atoms with Crippen molar-refractivity contribution in [3.05, 3.63) is 76.8 Å². The number of nitrogens with one attached hydrogen (secondary N) is 2. The summed E-state index contributed by atoms with van der Waals surface area (Å²) in [7, 11) is 0. The van der Waals surface area contributed by atoms with E-state index in [0.717, 1.165) is 11.1 Å². The van der Waals surface area contributed by atoms with Crippen molar-refractivity contribution in [3.63, 3.8) is 0 Å². The Balaban J connectivity index is 0.00000441. The second-order valence-electron chi connectivity index (χ2n) is 8.86. The van der Waals surface area contributed by atoms with Crippen molar-refractivity contribution in [2.24, 2.45) is 0 Å². The minimum absolute atomic E-state index is 0. The van der Waals surface area contributed by atoms with Crippen molar-refractivity contribution in [3.8, 4) is 0 Å². The summed E-state index contributed by atoms with van der Waals surface area (Å²) in [5, 5.41) is 25.6. The van der Waals surface area contributed by atoms with E-state index in [1.807, 2.05) is 30.3 Å². The van der Waals surface area contributed by atoms with E-state index >= 15 is 0 Å². The fourth-order valence-electron chi connectivity index (χ4n) is 4.42. The molecule has 0 spiro atoms. The number of benzene rings is 1. The first kappa shape index (κ1) is 32.2. The molecule has 40 heavy (non-hydrogen) atoms. The zero-order chi connectivity index (χ0) is 28.3. The molecular formula is C25H24BrCl3N4O6S. The Morgan fingerprint density at radius 1 is 1.18 bits per heavy atom. The van der Waals surface area contributed by atoms with Gasteiger partial charge in [-0.25, -0.2) is 0 Å². The number of aliphatic hydroxyl groups excluding tert-OH is 1. The summed E-state index contributed by atoms with van der Waals surface area (Å²) in [4.78, 5) is 51.2. The number of aliphatic hydroxyl groups is 1. The molecule has 3 N–H and O–H groups in total. The van der Waals surface area contributed by atoms with Gasteiger partial charge < -0.3 is 30.5 Å². The minimum atomic E-state index is -1.88. The summed E-state index contributed by atoms with van der Waals surface area (Å²) < 4.78 is -0.323. The number of aromatic carboxylic acids is 1. The van der Waals surface area contributed by atoms with Gasteiger partial charge in [0.1, 0.15) is 23.7 Å². The van der Waals surface area contributed by atoms with E-state index in [1.54, 1.807) is 10.8 Å². The highest BCUT2D eigenvalue weighted by Gasteiger charge is 2.49. The summed E-state index contributed by atoms with van der Waals surface area (Å²) in [6.45, 7) is -0.589. The molecule has 0 saturated carbocycles. The molecule has 0 unspecified atom stereocenters. The fourth-order valence-corrected chi connectivity index (χ4v) is 6.05. The maximum atomic E-state index is 12.8. The van der Waals surface area contributed by atoms with Crippen molar-refractivity contribution in [2.75, 3.05) is 12.5 Å². The number of fused-ring (bicyclic) bond motifs is 1. The van der Waals surface area contributed by atoms with E-state index in [0.29, 0.717) is 5.75 Å². The SMILES string of the molecule is Br.O=C(Cc1ccccc1)N[C@@H]1C(=O)N2C=C(C[n+]3ccc(C(=O)[O-])c(C(=O)NCO)c3CC(Cl)(Cl)Cl)CS[C@@H]12. The molecule has 1 saturated heterocycles. The highest BCUT2D eigenvalue weighted by molar-refractivity contribution is 8.93. The van der Waals surface area contributed by atoms with Gasteiger partial charge in [-0.05, 0) is 5.56 Å². The molecule has 0 bridgehead atoms. The van der Waals surface area contributed by atoms with Gasteiger partial charge in [0.2, 0.25) is 5.91 Å². The number of hydrogen-bond donors (Lipinski definition) is 3. The van der Waals surface area contributed by atoms with Crippen LogP contribution in [0.3, 0.4) is 0 Å². The Hall–Kier alpha value is -2.35. The lowest BCUT2D eigenvalue weighted by Crippen LogP contribution is -2.68. The Morgan fingerprint density at radius 3 is 2.50 bits per heavy atom. The standard InChI is InChI=1S/C25H23Cl3N4O6S.BrH/c26-25(27,28)9-17-19(21(35)29-13-33)16(24(37)38)6-7-31(17)10-15-11-32-22(36)20(23(32)39-12-15)30-18(34)8-14-4-2-1-3-5-14;/h1-7,11,20,23,33H,8-10,12-13H2,(H2-,29,30,34,35,37,38);1H/t20-,23+;/m1./s1. The normalized spacial score (nSPS) is 18.1. The molecule has 0 aliphatic carbocycles. The summed E-state index contributed by atoms with van der Waals surface area (Å²) in [6.07, 6.45) is 2.94. The zero-order valence-electron chi connectivity index (χ0n) is 20.6. The molecular weight excluding hydrogens is 671 g/mol. The summed E-state index contributed by atoms with van der Waals surface area (Å²) in [6, 6.07) is 9.76. The Bertz CT molecular complexity index is 1340. The number of halogens is 4. The quantitative estimate of drug-likeness (QED) is 0.154. The fraction of sp³-hybridized carbons (Fsp3) is 0.320. The molecule has 2 aromatic rings. The van der Waals surface area contributed by atoms with Gasteiger partial charge in [0.25, 0.3) is 11.8 Å². The van der Waals surface area contributed by atoms with Crippen LogP contribution >= 0.6 is 63.5 Å². The van der Waals surface area contributed by atoms with E-state index in [4.69, 9.17) is 39.9 Å². The van der Waals surface area contributed by atoms with Crippen LogP contribution in [0.25, 0.3) is 0 Å². The number of aromatic nitrogens is 1. The topological polar surface area (TPSA) is 143 Å². The molecule has 4 rings (SSSR count). The molecule has 2 aliphatic rings. The third-order valence-electron chi connectivity index (χ3n) is 6.12. The van der Waals surface area contributed by atoms with Gasteiger partial charge in [-0.3, -0.25) is 14.4 Å². The van der Waals surface area contributed by atoms with Crippen LogP contribution in [0.1, 0.15) is 32.0 Å². The number of pyridine rings is 1. The van der Waals surface area contributed by atoms with E-state index in [-0.39, 0.29) is 64.8 Å². The lowest BCUT2D eigenvalue weighted by Gasteiger charge is -2.47. The van der Waals surface area contributed by atoms with Gasteiger partial charge in [0.15, 0.2) is 22.2 Å². The van der Waals surface area contributed by atoms with Gasteiger partial charge in [-0.2, -0.15) is 4.57 Å². The second kappa shape index (κ2) is 13.5. The van der Waals surface area contributed by atoms with Gasteiger partial charge >= 0.3 is 0 Å². The maximum Gasteiger partial charge on any atom is 0.260 e. The average Bonchev–Trinajstić information content (AvgIpc) is 2.87. The number of carbonyl (C=O) groups excluding carboxylic acids is 4. The highest BCUT2D eigenvalue weighted by Crippen LogP contribution is 2.36. The molecule has 214 valence electrons. The molecule has 2 atom stereocenters. The van der Waals surface area contributed by atoms with Crippen LogP contribution in [-0.2, 0) is 29.0 Å². The number of carboxylic acids is 1. The summed E-state index contributed by atoms with van der Waals surface area (Å²) in [5.41, 5.74) is 0.971. The van der Waals surface area contributed by atoms with Gasteiger partial charge in [-0.1, -0.05) is 65.1 Å². The molecule has 1 aromatic carbocycles. The molecule has 3 heterocycles. The average molecular weight is 695 g/mol. The van der Waals surface area contributed by atoms with Crippen molar-refractivity contribution in [1.82, 2.24) is 15.5 Å². The Labute approximate surface area is 259 Å². The molecule has 1 fully saturated rings. The molecule has 2 aliphatic heterocycles. The Morgan fingerprint density at radius 2 is 1.88 bits per heavy atom. The van der Waals surface area contributed by atoms with E-state index in [9.17, 15) is 24.3 Å². The van der Waals surface area contributed by atoms with Gasteiger partial charge in [0.05, 0.1) is 18.8 Å². The van der Waals surface area contributed by atoms with Crippen LogP contribution in [0.15, 0.2) is 54.4 Å². The van der Waals surface area contributed by atoms with E-state index < -0.39 is 34.0 Å². The van der Waals surface area contributed by atoms with Crippen molar-refractivity contribution in [2.45, 2.75) is 34.6 Å². The predicted octanol–water partition coefficient (Wildman–Crippen LogP) is 1.03. The first-order valence-corrected chi connectivity index (χ1v) is 13.9.